The van der Waals surface area contributed by atoms with Gasteiger partial charge in [0.2, 0.25) is 17.1 Å². The zero-order valence-corrected chi connectivity index (χ0v) is 12.3. The van der Waals surface area contributed by atoms with Crippen LogP contribution in [-0.4, -0.2) is 17.8 Å². The van der Waals surface area contributed by atoms with Gasteiger partial charge in [0.15, 0.2) is 5.41 Å². The third kappa shape index (κ3) is 1.33. The quantitative estimate of drug-likeness (QED) is 0.746. The Morgan fingerprint density at radius 3 is 2.55 bits per heavy atom. The molecule has 2 heterocycles. The van der Waals surface area contributed by atoms with Gasteiger partial charge in [0.1, 0.15) is 6.10 Å². The van der Waals surface area contributed by atoms with Crippen molar-refractivity contribution in [3.05, 3.63) is 12.2 Å². The fraction of sp³-hybridized carbons (Fsp3) is 0.625. The first-order chi connectivity index (χ1) is 10.6. The number of ether oxygens (including phenoxy) is 2. The summed E-state index contributed by atoms with van der Waals surface area (Å²) in [4.78, 5) is 0. The van der Waals surface area contributed by atoms with Crippen molar-refractivity contribution in [2.24, 2.45) is 16.7 Å². The first kappa shape index (κ1) is 14.6. The van der Waals surface area contributed by atoms with E-state index in [0.29, 0.717) is 12.8 Å². The van der Waals surface area contributed by atoms with Gasteiger partial charge >= 0.3 is 0 Å². The molecule has 4 atom stereocenters. The van der Waals surface area contributed by atoms with E-state index in [-0.39, 0.29) is 5.90 Å². The van der Waals surface area contributed by atoms with Gasteiger partial charge in [-0.25, -0.2) is 0 Å². The number of rotatable bonds is 1. The molecule has 0 aromatic heterocycles. The topological polar surface area (TPSA) is 114 Å². The summed E-state index contributed by atoms with van der Waals surface area (Å²) in [6.07, 6.45) is 5.37. The zero-order chi connectivity index (χ0) is 16.0. The van der Waals surface area contributed by atoms with Gasteiger partial charge in [-0.1, -0.05) is 18.6 Å². The van der Waals surface area contributed by atoms with Crippen molar-refractivity contribution in [1.82, 2.24) is 0 Å². The van der Waals surface area contributed by atoms with E-state index in [1.807, 2.05) is 12.1 Å². The lowest BCUT2D eigenvalue weighted by molar-refractivity contribution is -0.280. The summed E-state index contributed by atoms with van der Waals surface area (Å²) in [5.74, 6) is -1.80. The SMILES string of the molecule is C/C=C/[C@H]1O[C@@]23CCCC[C@H]2[C@](C#N)(C(=N)O3)C1(C#N)C#N. The van der Waals surface area contributed by atoms with Crippen LogP contribution in [-0.2, 0) is 9.47 Å². The fourth-order valence-electron chi connectivity index (χ4n) is 4.24. The molecule has 112 valence electrons. The molecule has 0 radical (unpaired) electrons. The molecule has 3 fully saturated rings. The largest absolute Gasteiger partial charge is 0.447 e. The number of nitriles is 3. The average Bonchev–Trinajstić information content (AvgIpc) is 2.74. The molecule has 1 aliphatic carbocycles. The maximum absolute atomic E-state index is 9.91. The monoisotopic (exact) mass is 296 g/mol. The highest BCUT2D eigenvalue weighted by atomic mass is 16.7. The van der Waals surface area contributed by atoms with Gasteiger partial charge in [-0.3, -0.25) is 5.41 Å². The molecule has 0 aromatic carbocycles. The van der Waals surface area contributed by atoms with Gasteiger partial charge in [-0.2, -0.15) is 15.8 Å². The first-order valence-electron chi connectivity index (χ1n) is 7.39. The van der Waals surface area contributed by atoms with Crippen LogP contribution >= 0.6 is 0 Å². The highest BCUT2D eigenvalue weighted by Gasteiger charge is 2.79. The van der Waals surface area contributed by atoms with E-state index in [0.717, 1.165) is 12.8 Å². The first-order valence-corrected chi connectivity index (χ1v) is 7.39. The molecular weight excluding hydrogens is 280 g/mol. The minimum absolute atomic E-state index is 0.294. The van der Waals surface area contributed by atoms with Crippen LogP contribution in [0.2, 0.25) is 0 Å². The highest BCUT2D eigenvalue weighted by molar-refractivity contribution is 5.89. The summed E-state index contributed by atoms with van der Waals surface area (Å²) in [6, 6.07) is 6.13. The number of allylic oxidation sites excluding steroid dienone is 1. The summed E-state index contributed by atoms with van der Waals surface area (Å²) in [5, 5.41) is 37.7. The normalized spacial score (nSPS) is 41.8. The van der Waals surface area contributed by atoms with Crippen LogP contribution in [0.1, 0.15) is 32.6 Å². The van der Waals surface area contributed by atoms with Crippen LogP contribution in [0.4, 0.5) is 0 Å². The lowest BCUT2D eigenvalue weighted by Gasteiger charge is -2.50. The zero-order valence-electron chi connectivity index (χ0n) is 12.3. The summed E-state index contributed by atoms with van der Waals surface area (Å²) in [6.45, 7) is 1.76. The Hall–Kier alpha value is -2.36. The minimum Gasteiger partial charge on any atom is -0.447 e. The van der Waals surface area contributed by atoms with Crippen LogP contribution in [0.15, 0.2) is 12.2 Å². The van der Waals surface area contributed by atoms with Crippen LogP contribution < -0.4 is 0 Å². The van der Waals surface area contributed by atoms with E-state index in [9.17, 15) is 15.8 Å². The van der Waals surface area contributed by atoms with Crippen LogP contribution in [0.3, 0.4) is 0 Å². The molecule has 0 unspecified atom stereocenters. The standard InChI is InChI=1S/C16H16N4O2/c1-2-5-12-14(8-17,9-18)15(10-19)11-6-3-4-7-16(11,21-12)22-13(15)20/h2,5,11-12,20H,3-4,6-7H2,1H3/b5-2+,20-13?/t11-,12+,15+,16+/m0/s1. The summed E-state index contributed by atoms with van der Waals surface area (Å²) in [7, 11) is 0. The Balaban J connectivity index is 2.31. The van der Waals surface area contributed by atoms with Crippen molar-refractivity contribution in [3.63, 3.8) is 0 Å². The Morgan fingerprint density at radius 1 is 1.23 bits per heavy atom. The van der Waals surface area contributed by atoms with Crippen molar-refractivity contribution in [2.45, 2.75) is 44.5 Å². The molecule has 0 amide bonds. The van der Waals surface area contributed by atoms with E-state index in [1.165, 1.54) is 0 Å². The Labute approximate surface area is 129 Å². The maximum Gasteiger partial charge on any atom is 0.217 e. The van der Waals surface area contributed by atoms with E-state index in [2.05, 4.69) is 6.07 Å². The minimum atomic E-state index is -1.77. The van der Waals surface area contributed by atoms with E-state index < -0.39 is 28.6 Å². The summed E-state index contributed by atoms with van der Waals surface area (Å²) < 4.78 is 11.8. The lowest BCUT2D eigenvalue weighted by atomic mass is 9.52. The predicted molar refractivity (Wildman–Crippen MR) is 74.9 cm³/mol. The van der Waals surface area contributed by atoms with Crippen molar-refractivity contribution < 1.29 is 9.47 Å². The van der Waals surface area contributed by atoms with Gasteiger partial charge in [0.05, 0.1) is 24.1 Å². The maximum atomic E-state index is 9.91. The molecular formula is C16H16N4O2. The fourth-order valence-corrected chi connectivity index (χ4v) is 4.24. The van der Waals surface area contributed by atoms with Crippen molar-refractivity contribution in [3.8, 4) is 18.2 Å². The van der Waals surface area contributed by atoms with Crippen LogP contribution in [0.25, 0.3) is 0 Å². The molecule has 1 saturated carbocycles. The molecule has 2 saturated heterocycles. The Kier molecular flexibility index (Phi) is 3.02. The summed E-state index contributed by atoms with van der Waals surface area (Å²) in [5.41, 5.74) is -3.34. The van der Waals surface area contributed by atoms with Gasteiger partial charge in [-0.15, -0.1) is 0 Å². The number of hydrogen-bond donors (Lipinski definition) is 1. The Morgan fingerprint density at radius 2 is 1.95 bits per heavy atom. The number of nitrogens with zero attached hydrogens (tertiary/aromatic N) is 3. The van der Waals surface area contributed by atoms with Gasteiger partial charge in [0.25, 0.3) is 0 Å². The van der Waals surface area contributed by atoms with E-state index in [1.54, 1.807) is 19.1 Å². The number of nitrogens with one attached hydrogen (secondary N) is 1. The molecule has 3 rings (SSSR count). The third-order valence-corrected chi connectivity index (χ3v) is 5.23. The summed E-state index contributed by atoms with van der Waals surface area (Å²) >= 11 is 0. The second-order valence-corrected chi connectivity index (χ2v) is 6.06. The molecule has 2 bridgehead atoms. The van der Waals surface area contributed by atoms with E-state index in [4.69, 9.17) is 14.9 Å². The second-order valence-electron chi connectivity index (χ2n) is 6.06. The second kappa shape index (κ2) is 4.57. The third-order valence-electron chi connectivity index (χ3n) is 5.23. The van der Waals surface area contributed by atoms with Crippen LogP contribution in [0.5, 0.6) is 0 Å². The van der Waals surface area contributed by atoms with Crippen LogP contribution in [0, 0.1) is 56.2 Å². The number of hydrogen-bond acceptors (Lipinski definition) is 6. The Bertz CT molecular complexity index is 666. The van der Waals surface area contributed by atoms with Gasteiger partial charge in [-0.05, 0) is 19.8 Å². The molecule has 0 aromatic rings. The van der Waals surface area contributed by atoms with Crippen molar-refractivity contribution in [1.29, 1.82) is 21.2 Å². The van der Waals surface area contributed by atoms with E-state index >= 15 is 0 Å². The lowest BCUT2D eigenvalue weighted by Crippen LogP contribution is -2.62. The van der Waals surface area contributed by atoms with Crippen molar-refractivity contribution >= 4 is 5.90 Å². The molecule has 3 aliphatic rings. The highest BCUT2D eigenvalue weighted by Crippen LogP contribution is 2.66. The van der Waals surface area contributed by atoms with Gasteiger partial charge < -0.3 is 9.47 Å². The molecule has 22 heavy (non-hydrogen) atoms. The predicted octanol–water partition coefficient (Wildman–Crippen LogP) is 2.40. The molecule has 0 spiro atoms. The van der Waals surface area contributed by atoms with Gasteiger partial charge in [0, 0.05) is 6.42 Å². The molecule has 6 heteroatoms. The molecule has 2 aliphatic heterocycles. The molecule has 1 N–H and O–H groups in total. The average molecular weight is 296 g/mol. The smallest absolute Gasteiger partial charge is 0.217 e. The van der Waals surface area contributed by atoms with Crippen molar-refractivity contribution in [2.75, 3.05) is 0 Å². The molecule has 6 nitrogen and oxygen atoms in total.